The van der Waals surface area contributed by atoms with Crippen molar-refractivity contribution in [1.82, 2.24) is 33.7 Å². The van der Waals surface area contributed by atoms with E-state index in [1.807, 2.05) is 6.92 Å². The first-order chi connectivity index (χ1) is 19.6. The summed E-state index contributed by atoms with van der Waals surface area (Å²) in [6.45, 7) is 2.49. The molecular weight excluding hydrogens is 543 g/mol. The number of hydrogen-bond donors (Lipinski definition) is 2. The lowest BCUT2D eigenvalue weighted by Crippen LogP contribution is -2.32. The van der Waals surface area contributed by atoms with Crippen LogP contribution in [0.1, 0.15) is 30.0 Å². The Bertz CT molecular complexity index is 1820. The van der Waals surface area contributed by atoms with Gasteiger partial charge in [0, 0.05) is 32.5 Å². The fourth-order valence-corrected chi connectivity index (χ4v) is 4.91. The molecule has 0 saturated carbocycles. The summed E-state index contributed by atoms with van der Waals surface area (Å²) in [6.07, 6.45) is 3.81. The predicted octanol–water partition coefficient (Wildman–Crippen LogP) is 4.43. The third kappa shape index (κ3) is 4.81. The molecule has 214 valence electrons. The molecule has 0 aromatic carbocycles. The van der Waals surface area contributed by atoms with E-state index in [0.717, 1.165) is 16.8 Å². The summed E-state index contributed by atoms with van der Waals surface area (Å²) in [7, 11) is 3.43. The van der Waals surface area contributed by atoms with Gasteiger partial charge in [-0.05, 0) is 25.8 Å². The van der Waals surface area contributed by atoms with Gasteiger partial charge in [-0.25, -0.2) is 14.5 Å². The van der Waals surface area contributed by atoms with E-state index in [1.165, 1.54) is 6.20 Å². The second-order valence-corrected chi connectivity index (χ2v) is 9.73. The van der Waals surface area contributed by atoms with Crippen LogP contribution in [0.4, 0.5) is 30.6 Å². The van der Waals surface area contributed by atoms with Crippen LogP contribution in [0.3, 0.4) is 0 Å². The highest BCUT2D eigenvalue weighted by molar-refractivity contribution is 5.81. The molecule has 12 nitrogen and oxygen atoms in total. The topological polar surface area (TPSA) is 125 Å². The van der Waals surface area contributed by atoms with Gasteiger partial charge in [-0.1, -0.05) is 0 Å². The summed E-state index contributed by atoms with van der Waals surface area (Å²) >= 11 is 0. The molecule has 0 radical (unpaired) electrons. The van der Waals surface area contributed by atoms with Gasteiger partial charge in [0.2, 0.25) is 5.95 Å². The van der Waals surface area contributed by atoms with Crippen LogP contribution in [0.15, 0.2) is 41.8 Å². The zero-order chi connectivity index (χ0) is 28.9. The van der Waals surface area contributed by atoms with Gasteiger partial charge >= 0.3 is 6.18 Å². The van der Waals surface area contributed by atoms with Crippen LogP contribution in [-0.4, -0.2) is 54.0 Å². The number of nitrogens with one attached hydrogen (secondary N) is 2. The maximum atomic E-state index is 13.8. The SMILES string of the molecule is CNc1cn2ncc(Oc3cnc4nc(Nc5cc(C(F)(F)F)cn([C@H]6CCCOC6)c5=O)n(C)c4c3C)c2cn1. The van der Waals surface area contributed by atoms with Gasteiger partial charge in [0.25, 0.3) is 5.56 Å². The lowest BCUT2D eigenvalue weighted by molar-refractivity contribution is -0.138. The van der Waals surface area contributed by atoms with Gasteiger partial charge in [0.1, 0.15) is 17.0 Å². The monoisotopic (exact) mass is 569 g/mol. The zero-order valence-corrected chi connectivity index (χ0v) is 22.4. The van der Waals surface area contributed by atoms with Crippen LogP contribution >= 0.6 is 0 Å². The number of rotatable bonds is 6. The number of alkyl halides is 3. The van der Waals surface area contributed by atoms with Gasteiger partial charge < -0.3 is 29.2 Å². The standard InChI is InChI=1S/C26H26F3N9O3/c1-14-19(41-20-10-33-38-12-21(30-2)31-8-18(20)38)9-32-23-22(14)36(3)25(35-23)34-17-7-15(26(27,28)29)11-37(24(17)39)16-5-4-6-40-13-16/h7-12,16,30H,4-6,13H2,1-3H3,(H,32,34,35)/t16-/m0/s1. The van der Waals surface area contributed by atoms with Crippen molar-refractivity contribution in [3.8, 4) is 11.5 Å². The van der Waals surface area contributed by atoms with E-state index in [4.69, 9.17) is 9.47 Å². The Hall–Kier alpha value is -4.66. The number of aryl methyl sites for hydroxylation is 2. The molecular formula is C26H26F3N9O3. The Labute approximate surface area is 230 Å². The number of aromatic nitrogens is 7. The van der Waals surface area contributed by atoms with Gasteiger partial charge in [-0.15, -0.1) is 0 Å². The third-order valence-electron chi connectivity index (χ3n) is 7.10. The van der Waals surface area contributed by atoms with Crippen molar-refractivity contribution in [3.63, 3.8) is 0 Å². The van der Waals surface area contributed by atoms with E-state index < -0.39 is 23.3 Å². The number of anilines is 3. The van der Waals surface area contributed by atoms with Crippen LogP contribution < -0.4 is 20.9 Å². The molecule has 1 aliphatic heterocycles. The van der Waals surface area contributed by atoms with E-state index in [2.05, 4.69) is 30.7 Å². The smallest absolute Gasteiger partial charge is 0.417 e. The minimum Gasteiger partial charge on any atom is -0.451 e. The minimum atomic E-state index is -4.65. The number of hydrogen-bond acceptors (Lipinski definition) is 9. The van der Waals surface area contributed by atoms with Crippen molar-refractivity contribution in [3.05, 3.63) is 58.5 Å². The second kappa shape index (κ2) is 10.1. The molecule has 1 fully saturated rings. The molecule has 6 rings (SSSR count). The van der Waals surface area contributed by atoms with Gasteiger partial charge in [-0.2, -0.15) is 23.3 Å². The van der Waals surface area contributed by atoms with Crippen molar-refractivity contribution in [2.24, 2.45) is 7.05 Å². The fraction of sp³-hybridized carbons (Fsp3) is 0.346. The molecule has 1 aliphatic rings. The lowest BCUT2D eigenvalue weighted by atomic mass is 10.1. The average molecular weight is 570 g/mol. The van der Waals surface area contributed by atoms with Crippen molar-refractivity contribution in [1.29, 1.82) is 0 Å². The molecule has 0 unspecified atom stereocenters. The highest BCUT2D eigenvalue weighted by atomic mass is 19.4. The summed E-state index contributed by atoms with van der Waals surface area (Å²) in [5.74, 6) is 1.68. The summed E-state index contributed by atoms with van der Waals surface area (Å²) in [5, 5.41) is 10.1. The van der Waals surface area contributed by atoms with Crippen LogP contribution in [0.2, 0.25) is 0 Å². The number of nitrogens with zero attached hydrogens (tertiary/aromatic N) is 7. The molecule has 1 saturated heterocycles. The van der Waals surface area contributed by atoms with Crippen molar-refractivity contribution < 1.29 is 22.6 Å². The first kappa shape index (κ1) is 26.6. The highest BCUT2D eigenvalue weighted by Gasteiger charge is 2.33. The quantitative estimate of drug-likeness (QED) is 0.306. The molecule has 1 atom stereocenters. The zero-order valence-electron chi connectivity index (χ0n) is 22.4. The van der Waals surface area contributed by atoms with E-state index in [0.29, 0.717) is 59.0 Å². The van der Waals surface area contributed by atoms with Crippen LogP contribution in [0.25, 0.3) is 16.7 Å². The summed E-state index contributed by atoms with van der Waals surface area (Å²) in [5.41, 5.74) is 0.421. The Morgan fingerprint density at radius 2 is 1.98 bits per heavy atom. The molecule has 0 bridgehead atoms. The average Bonchev–Trinajstić information content (AvgIpc) is 3.51. The maximum Gasteiger partial charge on any atom is 0.417 e. The molecule has 0 amide bonds. The molecule has 2 N–H and O–H groups in total. The fourth-order valence-electron chi connectivity index (χ4n) is 4.91. The van der Waals surface area contributed by atoms with Crippen molar-refractivity contribution >= 4 is 34.1 Å². The van der Waals surface area contributed by atoms with Gasteiger partial charge in [0.05, 0.1) is 48.5 Å². The van der Waals surface area contributed by atoms with Crippen molar-refractivity contribution in [2.75, 3.05) is 30.9 Å². The number of pyridine rings is 2. The largest absolute Gasteiger partial charge is 0.451 e. The van der Waals surface area contributed by atoms with E-state index >= 15 is 0 Å². The molecule has 0 aliphatic carbocycles. The van der Waals surface area contributed by atoms with Crippen LogP contribution in [-0.2, 0) is 18.0 Å². The Balaban J connectivity index is 1.36. The molecule has 15 heteroatoms. The maximum absolute atomic E-state index is 13.8. The van der Waals surface area contributed by atoms with Crippen LogP contribution in [0.5, 0.6) is 11.5 Å². The van der Waals surface area contributed by atoms with Gasteiger partial charge in [0.15, 0.2) is 17.1 Å². The second-order valence-electron chi connectivity index (χ2n) is 9.73. The number of fused-ring (bicyclic) bond motifs is 2. The summed E-state index contributed by atoms with van der Waals surface area (Å²) in [4.78, 5) is 26.5. The first-order valence-corrected chi connectivity index (χ1v) is 12.8. The summed E-state index contributed by atoms with van der Waals surface area (Å²) in [6, 6.07) is 0.304. The molecule has 5 aromatic heterocycles. The number of ether oxygens (including phenoxy) is 2. The number of imidazole rings is 1. The molecule has 6 heterocycles. The van der Waals surface area contributed by atoms with Gasteiger partial charge in [-0.3, -0.25) is 4.79 Å². The normalized spacial score (nSPS) is 15.9. The van der Waals surface area contributed by atoms with Crippen molar-refractivity contribution in [2.45, 2.75) is 32.0 Å². The Kier molecular flexibility index (Phi) is 6.52. The predicted molar refractivity (Wildman–Crippen MR) is 144 cm³/mol. The molecule has 5 aromatic rings. The minimum absolute atomic E-state index is 0.149. The first-order valence-electron chi connectivity index (χ1n) is 12.8. The van der Waals surface area contributed by atoms with E-state index in [9.17, 15) is 18.0 Å². The Morgan fingerprint density at radius 3 is 2.71 bits per heavy atom. The summed E-state index contributed by atoms with van der Waals surface area (Å²) < 4.78 is 57.3. The lowest BCUT2D eigenvalue weighted by Gasteiger charge is -2.25. The molecule has 41 heavy (non-hydrogen) atoms. The Morgan fingerprint density at radius 1 is 1.15 bits per heavy atom. The highest BCUT2D eigenvalue weighted by Crippen LogP contribution is 2.34. The molecule has 0 spiro atoms. The number of halogens is 3. The third-order valence-corrected chi connectivity index (χ3v) is 7.10. The van der Waals surface area contributed by atoms with Crippen LogP contribution in [0, 0.1) is 6.92 Å². The van der Waals surface area contributed by atoms with E-state index in [1.54, 1.807) is 41.8 Å². The van der Waals surface area contributed by atoms with E-state index in [-0.39, 0.29) is 18.2 Å².